The molecule has 0 radical (unpaired) electrons. The lowest BCUT2D eigenvalue weighted by molar-refractivity contribution is 0.460. The SMILES string of the molecule is c1ccc(N(c2ccccc2)c2ccc3c(c2)Oc2ccccc2C3)cc1. The van der Waals surface area contributed by atoms with Crippen LogP contribution in [0.2, 0.25) is 0 Å². The minimum Gasteiger partial charge on any atom is -0.457 e. The van der Waals surface area contributed by atoms with E-state index in [1.165, 1.54) is 11.1 Å². The van der Waals surface area contributed by atoms with Crippen LogP contribution in [-0.4, -0.2) is 0 Å². The van der Waals surface area contributed by atoms with E-state index in [0.717, 1.165) is 35.0 Å². The van der Waals surface area contributed by atoms with E-state index in [1.807, 2.05) is 24.3 Å². The second kappa shape index (κ2) is 6.65. The van der Waals surface area contributed by atoms with Gasteiger partial charge < -0.3 is 9.64 Å². The topological polar surface area (TPSA) is 12.5 Å². The minimum atomic E-state index is 0.905. The fourth-order valence-electron chi connectivity index (χ4n) is 3.60. The maximum atomic E-state index is 6.21. The van der Waals surface area contributed by atoms with Crippen LogP contribution in [-0.2, 0) is 6.42 Å². The summed E-state index contributed by atoms with van der Waals surface area (Å²) in [6.45, 7) is 0. The number of rotatable bonds is 3. The Balaban J connectivity index is 1.60. The molecule has 5 rings (SSSR count). The van der Waals surface area contributed by atoms with Crippen LogP contribution in [0, 0.1) is 0 Å². The van der Waals surface area contributed by atoms with Crippen LogP contribution in [0.15, 0.2) is 103 Å². The molecular formula is C25H19NO. The molecule has 0 bridgehead atoms. The van der Waals surface area contributed by atoms with Crippen molar-refractivity contribution in [3.63, 3.8) is 0 Å². The van der Waals surface area contributed by atoms with Crippen LogP contribution < -0.4 is 9.64 Å². The summed E-state index contributed by atoms with van der Waals surface area (Å²) >= 11 is 0. The first kappa shape index (κ1) is 15.7. The van der Waals surface area contributed by atoms with E-state index in [2.05, 4.69) is 83.8 Å². The summed E-state index contributed by atoms with van der Waals surface area (Å²) in [6.07, 6.45) is 0.905. The van der Waals surface area contributed by atoms with E-state index in [-0.39, 0.29) is 0 Å². The van der Waals surface area contributed by atoms with E-state index in [9.17, 15) is 0 Å². The van der Waals surface area contributed by atoms with Gasteiger partial charge in [-0.3, -0.25) is 0 Å². The van der Waals surface area contributed by atoms with E-state index >= 15 is 0 Å². The Morgan fingerprint density at radius 1 is 0.519 bits per heavy atom. The highest BCUT2D eigenvalue weighted by atomic mass is 16.5. The molecule has 0 fully saturated rings. The predicted octanol–water partition coefficient (Wildman–Crippen LogP) is 6.85. The molecule has 4 aromatic rings. The lowest BCUT2D eigenvalue weighted by Crippen LogP contribution is -2.11. The second-order valence-electron chi connectivity index (χ2n) is 6.69. The van der Waals surface area contributed by atoms with E-state index in [1.54, 1.807) is 0 Å². The number of benzene rings is 4. The molecule has 0 aliphatic carbocycles. The van der Waals surface area contributed by atoms with Crippen molar-refractivity contribution in [2.24, 2.45) is 0 Å². The second-order valence-corrected chi connectivity index (χ2v) is 6.69. The minimum absolute atomic E-state index is 0.905. The van der Waals surface area contributed by atoms with Gasteiger partial charge in [-0.15, -0.1) is 0 Å². The van der Waals surface area contributed by atoms with Crippen LogP contribution in [0.3, 0.4) is 0 Å². The highest BCUT2D eigenvalue weighted by Crippen LogP contribution is 2.41. The van der Waals surface area contributed by atoms with Crippen molar-refractivity contribution in [1.29, 1.82) is 0 Å². The molecule has 1 aliphatic heterocycles. The van der Waals surface area contributed by atoms with Gasteiger partial charge in [-0.2, -0.15) is 0 Å². The van der Waals surface area contributed by atoms with Crippen LogP contribution in [0.25, 0.3) is 0 Å². The number of fused-ring (bicyclic) bond motifs is 2. The standard InChI is InChI=1S/C25H19NO/c1-3-10-21(11-4-1)26(22-12-5-2-6-13-22)23-16-15-20-17-19-9-7-8-14-24(19)27-25(20)18-23/h1-16,18H,17H2. The highest BCUT2D eigenvalue weighted by Gasteiger charge is 2.19. The lowest BCUT2D eigenvalue weighted by atomic mass is 10.00. The Bertz CT molecular complexity index is 1030. The molecule has 0 amide bonds. The van der Waals surface area contributed by atoms with Crippen molar-refractivity contribution in [2.45, 2.75) is 6.42 Å². The molecule has 2 heteroatoms. The summed E-state index contributed by atoms with van der Waals surface area (Å²) in [5.41, 5.74) is 5.80. The molecule has 0 atom stereocenters. The van der Waals surface area contributed by atoms with Gasteiger partial charge >= 0.3 is 0 Å². The Kier molecular flexibility index (Phi) is 3.87. The lowest BCUT2D eigenvalue weighted by Gasteiger charge is -2.27. The van der Waals surface area contributed by atoms with Crippen LogP contribution in [0.1, 0.15) is 11.1 Å². The number of para-hydroxylation sites is 3. The molecule has 1 aliphatic rings. The molecule has 0 saturated heterocycles. The van der Waals surface area contributed by atoms with Gasteiger partial charge in [0, 0.05) is 29.5 Å². The van der Waals surface area contributed by atoms with Gasteiger partial charge in [0.05, 0.1) is 0 Å². The zero-order valence-electron chi connectivity index (χ0n) is 14.9. The van der Waals surface area contributed by atoms with E-state index in [4.69, 9.17) is 4.74 Å². The normalized spacial score (nSPS) is 11.9. The maximum absolute atomic E-state index is 6.21. The van der Waals surface area contributed by atoms with Gasteiger partial charge in [0.25, 0.3) is 0 Å². The monoisotopic (exact) mass is 349 g/mol. The summed E-state index contributed by atoms with van der Waals surface area (Å²) in [4.78, 5) is 2.25. The van der Waals surface area contributed by atoms with Crippen molar-refractivity contribution in [3.8, 4) is 11.5 Å². The van der Waals surface area contributed by atoms with Crippen molar-refractivity contribution in [3.05, 3.63) is 114 Å². The number of nitrogens with zero attached hydrogens (tertiary/aromatic N) is 1. The molecule has 0 aromatic heterocycles. The highest BCUT2D eigenvalue weighted by molar-refractivity contribution is 5.77. The number of hydrogen-bond donors (Lipinski definition) is 0. The first-order chi connectivity index (χ1) is 13.4. The van der Waals surface area contributed by atoms with Gasteiger partial charge in [-0.1, -0.05) is 60.7 Å². The Morgan fingerprint density at radius 2 is 1.11 bits per heavy atom. The maximum Gasteiger partial charge on any atom is 0.133 e. The van der Waals surface area contributed by atoms with Gasteiger partial charge in [-0.25, -0.2) is 0 Å². The predicted molar refractivity (Wildman–Crippen MR) is 110 cm³/mol. The molecule has 130 valence electrons. The Labute approximate surface area is 159 Å². The van der Waals surface area contributed by atoms with Gasteiger partial charge in [0.1, 0.15) is 11.5 Å². The third kappa shape index (κ3) is 2.96. The van der Waals surface area contributed by atoms with Gasteiger partial charge in [0.15, 0.2) is 0 Å². The first-order valence-corrected chi connectivity index (χ1v) is 9.17. The van der Waals surface area contributed by atoms with Gasteiger partial charge in [-0.05, 0) is 47.5 Å². The smallest absolute Gasteiger partial charge is 0.133 e. The summed E-state index contributed by atoms with van der Waals surface area (Å²) in [5, 5.41) is 0. The van der Waals surface area contributed by atoms with Crippen LogP contribution in [0.4, 0.5) is 17.1 Å². The average molecular weight is 349 g/mol. The molecule has 1 heterocycles. The summed E-state index contributed by atoms with van der Waals surface area (Å²) in [5.74, 6) is 1.89. The number of anilines is 3. The zero-order valence-corrected chi connectivity index (χ0v) is 14.9. The van der Waals surface area contributed by atoms with E-state index in [0.29, 0.717) is 0 Å². The largest absolute Gasteiger partial charge is 0.457 e. The summed E-state index contributed by atoms with van der Waals surface area (Å²) < 4.78 is 6.21. The third-order valence-electron chi connectivity index (χ3n) is 4.91. The van der Waals surface area contributed by atoms with Crippen LogP contribution >= 0.6 is 0 Å². The summed E-state index contributed by atoms with van der Waals surface area (Å²) in [6, 6.07) is 35.6. The molecule has 27 heavy (non-hydrogen) atoms. The molecule has 2 nitrogen and oxygen atoms in total. The number of ether oxygens (including phenoxy) is 1. The van der Waals surface area contributed by atoms with Crippen molar-refractivity contribution in [1.82, 2.24) is 0 Å². The molecule has 0 N–H and O–H groups in total. The first-order valence-electron chi connectivity index (χ1n) is 9.17. The Hall–Kier alpha value is -3.52. The van der Waals surface area contributed by atoms with Gasteiger partial charge in [0.2, 0.25) is 0 Å². The molecule has 0 saturated carbocycles. The average Bonchev–Trinajstić information content (AvgIpc) is 2.74. The molecule has 0 spiro atoms. The summed E-state index contributed by atoms with van der Waals surface area (Å²) in [7, 11) is 0. The zero-order chi connectivity index (χ0) is 18.1. The van der Waals surface area contributed by atoms with Crippen molar-refractivity contribution in [2.75, 3.05) is 4.90 Å². The van der Waals surface area contributed by atoms with Crippen LogP contribution in [0.5, 0.6) is 11.5 Å². The fraction of sp³-hybridized carbons (Fsp3) is 0.0400. The van der Waals surface area contributed by atoms with Crippen molar-refractivity contribution < 1.29 is 4.74 Å². The quantitative estimate of drug-likeness (QED) is 0.353. The van der Waals surface area contributed by atoms with E-state index < -0.39 is 0 Å². The Morgan fingerprint density at radius 3 is 1.81 bits per heavy atom. The third-order valence-corrected chi connectivity index (χ3v) is 4.91. The fourth-order valence-corrected chi connectivity index (χ4v) is 3.60. The molecule has 4 aromatic carbocycles. The molecular weight excluding hydrogens is 330 g/mol. The number of hydrogen-bond acceptors (Lipinski definition) is 2. The van der Waals surface area contributed by atoms with Crippen molar-refractivity contribution >= 4 is 17.1 Å². The molecule has 0 unspecified atom stereocenters.